The van der Waals surface area contributed by atoms with E-state index < -0.39 is 11.8 Å². The van der Waals surface area contributed by atoms with Crippen LogP contribution in [0.3, 0.4) is 0 Å². The van der Waals surface area contributed by atoms with Crippen LogP contribution in [0.2, 0.25) is 0 Å². The molecule has 198 valence electrons. The number of hydrogen-bond acceptors (Lipinski definition) is 3. The second kappa shape index (κ2) is 12.2. The van der Waals surface area contributed by atoms with E-state index >= 15 is 0 Å². The number of nitrogens with one attached hydrogen (secondary N) is 3. The fourth-order valence-electron chi connectivity index (χ4n) is 4.06. The molecule has 4 aromatic carbocycles. The lowest BCUT2D eigenvalue weighted by molar-refractivity contribution is 0.101. The first-order valence-corrected chi connectivity index (χ1v) is 13.0. The van der Waals surface area contributed by atoms with Crippen LogP contribution in [0.4, 0.5) is 17.1 Å². The molecular weight excluding hydrogens is 486 g/mol. The smallest absolute Gasteiger partial charge is 0.255 e. The van der Waals surface area contributed by atoms with Crippen LogP contribution in [-0.4, -0.2) is 17.7 Å². The molecule has 0 saturated carbocycles. The predicted octanol–water partition coefficient (Wildman–Crippen LogP) is 7.69. The summed E-state index contributed by atoms with van der Waals surface area (Å²) < 4.78 is 0. The van der Waals surface area contributed by atoms with E-state index in [1.165, 1.54) is 17.2 Å². The molecule has 0 unspecified atom stereocenters. The molecule has 0 fully saturated rings. The van der Waals surface area contributed by atoms with E-state index in [0.29, 0.717) is 34.5 Å². The van der Waals surface area contributed by atoms with E-state index in [1.54, 1.807) is 36.4 Å². The van der Waals surface area contributed by atoms with E-state index in [-0.39, 0.29) is 17.0 Å². The van der Waals surface area contributed by atoms with E-state index in [2.05, 4.69) is 43.6 Å². The molecule has 0 heterocycles. The Hall–Kier alpha value is -4.71. The summed E-state index contributed by atoms with van der Waals surface area (Å²) >= 11 is 0. The maximum absolute atomic E-state index is 13.2. The highest BCUT2D eigenvalue weighted by atomic mass is 16.2. The van der Waals surface area contributed by atoms with Crippen LogP contribution < -0.4 is 16.0 Å². The Labute approximate surface area is 229 Å². The van der Waals surface area contributed by atoms with Crippen molar-refractivity contribution in [3.8, 4) is 0 Å². The molecule has 0 aliphatic heterocycles. The van der Waals surface area contributed by atoms with Crippen molar-refractivity contribution in [3.05, 3.63) is 125 Å². The molecule has 0 atom stereocenters. The van der Waals surface area contributed by atoms with Crippen LogP contribution in [0.25, 0.3) is 0 Å². The molecule has 0 aliphatic carbocycles. The number of rotatable bonds is 8. The minimum atomic E-state index is -0.390. The Bertz CT molecular complexity index is 1380. The highest BCUT2D eigenvalue weighted by Crippen LogP contribution is 2.22. The largest absolute Gasteiger partial charge is 0.322 e. The van der Waals surface area contributed by atoms with Crippen molar-refractivity contribution in [3.63, 3.8) is 0 Å². The first-order valence-electron chi connectivity index (χ1n) is 13.0. The van der Waals surface area contributed by atoms with Gasteiger partial charge in [0.25, 0.3) is 17.7 Å². The Kier molecular flexibility index (Phi) is 8.56. The van der Waals surface area contributed by atoms with Gasteiger partial charge in [0.15, 0.2) is 0 Å². The number of anilines is 3. The maximum Gasteiger partial charge on any atom is 0.255 e. The zero-order valence-electron chi connectivity index (χ0n) is 22.6. The van der Waals surface area contributed by atoms with Gasteiger partial charge < -0.3 is 16.0 Å². The zero-order valence-corrected chi connectivity index (χ0v) is 22.6. The zero-order chi connectivity index (χ0) is 27.9. The fraction of sp³-hybridized carbons (Fsp3) is 0.182. The highest BCUT2D eigenvalue weighted by Gasteiger charge is 2.16. The Morgan fingerprint density at radius 3 is 1.26 bits per heavy atom. The highest BCUT2D eigenvalue weighted by molar-refractivity contribution is 6.11. The molecule has 0 aliphatic rings. The summed E-state index contributed by atoms with van der Waals surface area (Å²) in [5.74, 6) is -0.366. The van der Waals surface area contributed by atoms with E-state index in [9.17, 15) is 14.4 Å². The molecule has 3 N–H and O–H groups in total. The van der Waals surface area contributed by atoms with E-state index in [1.807, 2.05) is 54.6 Å². The van der Waals surface area contributed by atoms with Crippen LogP contribution >= 0.6 is 0 Å². The third kappa shape index (κ3) is 7.20. The average molecular weight is 520 g/mol. The molecule has 0 saturated heterocycles. The lowest BCUT2D eigenvalue weighted by atomic mass is 10.0. The van der Waals surface area contributed by atoms with Gasteiger partial charge in [-0.1, -0.05) is 70.2 Å². The minimum absolute atomic E-state index is 0.245. The fourth-order valence-corrected chi connectivity index (χ4v) is 4.06. The van der Waals surface area contributed by atoms with Gasteiger partial charge in [-0.25, -0.2) is 0 Å². The maximum atomic E-state index is 13.2. The van der Waals surface area contributed by atoms with Gasteiger partial charge in [-0.15, -0.1) is 0 Å². The van der Waals surface area contributed by atoms with Gasteiger partial charge >= 0.3 is 0 Å². The summed E-state index contributed by atoms with van der Waals surface area (Å²) in [6, 6.07) is 28.7. The summed E-state index contributed by atoms with van der Waals surface area (Å²) in [5, 5.41) is 8.59. The number of carbonyl (C=O) groups excluding carboxylic acids is 3. The van der Waals surface area contributed by atoms with Crippen LogP contribution in [0.1, 0.15) is 81.7 Å². The van der Waals surface area contributed by atoms with Crippen molar-refractivity contribution in [2.75, 3.05) is 16.0 Å². The van der Waals surface area contributed by atoms with Crippen molar-refractivity contribution in [1.82, 2.24) is 0 Å². The van der Waals surface area contributed by atoms with Crippen molar-refractivity contribution < 1.29 is 14.4 Å². The van der Waals surface area contributed by atoms with Crippen LogP contribution in [0, 0.1) is 0 Å². The van der Waals surface area contributed by atoms with Crippen LogP contribution in [0.15, 0.2) is 97.1 Å². The number of benzene rings is 4. The van der Waals surface area contributed by atoms with Crippen molar-refractivity contribution in [2.45, 2.75) is 39.5 Å². The molecule has 6 nitrogen and oxygen atoms in total. The van der Waals surface area contributed by atoms with E-state index in [4.69, 9.17) is 0 Å². The molecule has 0 bridgehead atoms. The summed E-state index contributed by atoms with van der Waals surface area (Å²) in [4.78, 5) is 39.3. The number of carbonyl (C=O) groups is 3. The molecule has 3 amide bonds. The molecule has 6 heteroatoms. The Morgan fingerprint density at radius 2 is 0.846 bits per heavy atom. The second-order valence-corrected chi connectivity index (χ2v) is 10.1. The lowest BCUT2D eigenvalue weighted by Crippen LogP contribution is -2.18. The van der Waals surface area contributed by atoms with Gasteiger partial charge in [0.05, 0.1) is 0 Å². The summed E-state index contributed by atoms with van der Waals surface area (Å²) in [5.41, 5.74) is 4.90. The van der Waals surface area contributed by atoms with Crippen LogP contribution in [-0.2, 0) is 0 Å². The van der Waals surface area contributed by atoms with Gasteiger partial charge in [0.1, 0.15) is 0 Å². The third-order valence-corrected chi connectivity index (χ3v) is 6.42. The second-order valence-electron chi connectivity index (χ2n) is 10.1. The van der Waals surface area contributed by atoms with Gasteiger partial charge in [0, 0.05) is 33.8 Å². The van der Waals surface area contributed by atoms with E-state index in [0.717, 1.165) is 0 Å². The summed E-state index contributed by atoms with van der Waals surface area (Å²) in [6.45, 7) is 8.42. The Balaban J connectivity index is 1.61. The first kappa shape index (κ1) is 27.3. The molecule has 0 radical (unpaired) electrons. The Morgan fingerprint density at radius 1 is 0.462 bits per heavy atom. The van der Waals surface area contributed by atoms with Crippen LogP contribution in [0.5, 0.6) is 0 Å². The molecule has 4 rings (SSSR count). The average Bonchev–Trinajstić information content (AvgIpc) is 2.94. The van der Waals surface area contributed by atoms with Gasteiger partial charge in [-0.05, 0) is 77.6 Å². The topological polar surface area (TPSA) is 87.3 Å². The third-order valence-electron chi connectivity index (χ3n) is 6.42. The summed E-state index contributed by atoms with van der Waals surface area (Å²) in [6.07, 6.45) is 0. The van der Waals surface area contributed by atoms with Gasteiger partial charge in [-0.2, -0.15) is 0 Å². The predicted molar refractivity (Wildman–Crippen MR) is 158 cm³/mol. The molecule has 0 aromatic heterocycles. The van der Waals surface area contributed by atoms with Gasteiger partial charge in [0.2, 0.25) is 0 Å². The quantitative estimate of drug-likeness (QED) is 0.223. The van der Waals surface area contributed by atoms with Gasteiger partial charge in [-0.3, -0.25) is 14.4 Å². The normalized spacial score (nSPS) is 10.8. The first-order chi connectivity index (χ1) is 18.7. The monoisotopic (exact) mass is 519 g/mol. The van der Waals surface area contributed by atoms with Crippen molar-refractivity contribution in [1.29, 1.82) is 0 Å². The standard InChI is InChI=1S/C33H33N3O3/c1-21(2)23-10-14-28(15-11-23)34-32(38)26-18-27(33(39)35-29-16-12-24(13-17-29)22(3)4)20-30(19-26)36-31(37)25-8-6-5-7-9-25/h5-22H,1-4H3,(H,34,38)(H,35,39)(H,36,37). The van der Waals surface area contributed by atoms with Crippen molar-refractivity contribution >= 4 is 34.8 Å². The molecular formula is C33H33N3O3. The number of hydrogen-bond donors (Lipinski definition) is 3. The molecule has 39 heavy (non-hydrogen) atoms. The SMILES string of the molecule is CC(C)c1ccc(NC(=O)c2cc(NC(=O)c3ccccc3)cc(C(=O)Nc3ccc(C(C)C)cc3)c2)cc1. The molecule has 0 spiro atoms. The minimum Gasteiger partial charge on any atom is -0.322 e. The number of amides is 3. The molecule has 4 aromatic rings. The summed E-state index contributed by atoms with van der Waals surface area (Å²) in [7, 11) is 0. The lowest BCUT2D eigenvalue weighted by Gasteiger charge is -2.13. The van der Waals surface area contributed by atoms with Crippen molar-refractivity contribution in [2.24, 2.45) is 0 Å².